The highest BCUT2D eigenvalue weighted by molar-refractivity contribution is 7.16. The van der Waals surface area contributed by atoms with Gasteiger partial charge in [0.1, 0.15) is 10.8 Å². The average Bonchev–Trinajstić information content (AvgIpc) is 3.30. The fourth-order valence-corrected chi connectivity index (χ4v) is 3.65. The van der Waals surface area contributed by atoms with Gasteiger partial charge in [0.05, 0.1) is 11.5 Å². The van der Waals surface area contributed by atoms with Crippen LogP contribution in [-0.4, -0.2) is 27.6 Å². The maximum absolute atomic E-state index is 12.0. The molecule has 10 heteroatoms. The summed E-state index contributed by atoms with van der Waals surface area (Å²) in [6.07, 6.45) is 3.40. The Labute approximate surface area is 168 Å². The van der Waals surface area contributed by atoms with E-state index >= 15 is 0 Å². The lowest BCUT2D eigenvalue weighted by Gasteiger charge is -2.04. The molecule has 0 aliphatic carbocycles. The number of hydrogen-bond acceptors (Lipinski definition) is 8. The van der Waals surface area contributed by atoms with Crippen LogP contribution in [0.3, 0.4) is 0 Å². The van der Waals surface area contributed by atoms with Crippen molar-refractivity contribution >= 4 is 44.8 Å². The van der Waals surface area contributed by atoms with Gasteiger partial charge in [0.25, 0.3) is 0 Å². The second-order valence-corrected chi connectivity index (χ2v) is 7.83. The molecule has 1 aromatic carbocycles. The van der Waals surface area contributed by atoms with E-state index in [4.69, 9.17) is 4.74 Å². The number of aromatic nitrogens is 2. The van der Waals surface area contributed by atoms with E-state index in [9.17, 15) is 14.9 Å². The number of anilines is 1. The fraction of sp³-hybridized carbons (Fsp3) is 0.167. The number of hydrogen-bond donors (Lipinski definition) is 1. The van der Waals surface area contributed by atoms with Crippen LogP contribution in [0.4, 0.5) is 10.1 Å². The summed E-state index contributed by atoms with van der Waals surface area (Å²) in [7, 11) is 0. The highest BCUT2D eigenvalue weighted by Crippen LogP contribution is 2.25. The maximum atomic E-state index is 12.0. The molecular weight excluding hydrogens is 400 g/mol. The molecule has 1 amide bonds. The molecule has 0 bridgehead atoms. The quantitative estimate of drug-likeness (QED) is 0.337. The molecule has 144 valence electrons. The van der Waals surface area contributed by atoms with Crippen molar-refractivity contribution in [3.8, 4) is 5.75 Å². The van der Waals surface area contributed by atoms with Gasteiger partial charge in [0.15, 0.2) is 0 Å². The molecule has 0 fully saturated rings. The first kappa shape index (κ1) is 19.6. The minimum absolute atomic E-state index is 0.0294. The van der Waals surface area contributed by atoms with E-state index in [0.29, 0.717) is 23.0 Å². The number of aryl methyl sites for hydroxylation is 1. The lowest BCUT2D eigenvalue weighted by atomic mass is 10.2. The van der Waals surface area contributed by atoms with Crippen LogP contribution < -0.4 is 10.1 Å². The number of nitrogens with one attached hydrogen (secondary N) is 1. The van der Waals surface area contributed by atoms with E-state index < -0.39 is 4.92 Å². The van der Waals surface area contributed by atoms with Crippen molar-refractivity contribution in [3.63, 3.8) is 0 Å². The summed E-state index contributed by atoms with van der Waals surface area (Å²) in [4.78, 5) is 22.8. The Morgan fingerprint density at radius 1 is 1.29 bits per heavy atom. The molecule has 0 radical (unpaired) electrons. The Morgan fingerprint density at radius 2 is 2.14 bits per heavy atom. The smallest absolute Gasteiger partial charge is 0.324 e. The summed E-state index contributed by atoms with van der Waals surface area (Å²) in [5, 5.41) is 22.4. The summed E-state index contributed by atoms with van der Waals surface area (Å²) >= 11 is 2.27. The first-order chi connectivity index (χ1) is 13.5. The largest absolute Gasteiger partial charge is 0.493 e. The number of rotatable bonds is 8. The minimum Gasteiger partial charge on any atom is -0.493 e. The number of nitrogens with zero attached hydrogens (tertiary/aromatic N) is 3. The number of carbonyl (C=O) groups is 1. The van der Waals surface area contributed by atoms with Crippen molar-refractivity contribution < 1.29 is 14.5 Å². The summed E-state index contributed by atoms with van der Waals surface area (Å²) < 4.78 is 5.68. The van der Waals surface area contributed by atoms with E-state index in [-0.39, 0.29) is 10.9 Å². The second kappa shape index (κ2) is 9.20. The van der Waals surface area contributed by atoms with Crippen LogP contribution >= 0.6 is 22.7 Å². The molecule has 0 aliphatic rings. The van der Waals surface area contributed by atoms with E-state index in [1.165, 1.54) is 29.6 Å². The highest BCUT2D eigenvalue weighted by atomic mass is 32.1. The molecule has 0 saturated heterocycles. The van der Waals surface area contributed by atoms with Crippen molar-refractivity contribution in [2.75, 3.05) is 11.9 Å². The third-order valence-electron chi connectivity index (χ3n) is 3.46. The predicted octanol–water partition coefficient (Wildman–Crippen LogP) is 4.09. The van der Waals surface area contributed by atoms with Gasteiger partial charge in [-0.05, 0) is 36.8 Å². The molecule has 1 N–H and O–H groups in total. The Morgan fingerprint density at radius 3 is 2.89 bits per heavy atom. The number of ether oxygens (including phenoxy) is 1. The topological polar surface area (TPSA) is 107 Å². The predicted molar refractivity (Wildman–Crippen MR) is 109 cm³/mol. The molecule has 0 atom stereocenters. The van der Waals surface area contributed by atoms with Crippen molar-refractivity contribution in [2.45, 2.75) is 13.3 Å². The monoisotopic (exact) mass is 416 g/mol. The molecule has 8 nitrogen and oxygen atoms in total. The van der Waals surface area contributed by atoms with Crippen molar-refractivity contribution in [2.24, 2.45) is 0 Å². The zero-order chi connectivity index (χ0) is 19.9. The van der Waals surface area contributed by atoms with Crippen molar-refractivity contribution in [1.29, 1.82) is 0 Å². The van der Waals surface area contributed by atoms with E-state index in [1.54, 1.807) is 6.07 Å². The summed E-state index contributed by atoms with van der Waals surface area (Å²) in [5.74, 6) is 0.423. The molecule has 0 aliphatic heterocycles. The summed E-state index contributed by atoms with van der Waals surface area (Å²) in [6, 6.07) is 10.8. The minimum atomic E-state index is -0.465. The number of carbonyl (C=O) groups excluding carboxylic acids is 1. The Bertz CT molecular complexity index is 1010. The second-order valence-electron chi connectivity index (χ2n) is 5.67. The van der Waals surface area contributed by atoms with Crippen LogP contribution in [0, 0.1) is 17.0 Å². The summed E-state index contributed by atoms with van der Waals surface area (Å²) in [5.41, 5.74) is 1.13. The zero-order valence-corrected chi connectivity index (χ0v) is 16.5. The number of amides is 1. The summed E-state index contributed by atoms with van der Waals surface area (Å²) in [6.45, 7) is 2.46. The SMILES string of the molecule is Cc1cccc(OCCc2nnc(NC(=O)/C=C/c3ccc([N+](=O)[O-])s3)s2)c1. The molecule has 0 saturated carbocycles. The Kier molecular flexibility index (Phi) is 6.45. The van der Waals surface area contributed by atoms with E-state index in [0.717, 1.165) is 27.7 Å². The van der Waals surface area contributed by atoms with Crippen LogP contribution in [0.2, 0.25) is 0 Å². The zero-order valence-electron chi connectivity index (χ0n) is 14.8. The molecular formula is C18H16N4O4S2. The third kappa shape index (κ3) is 5.69. The van der Waals surface area contributed by atoms with Crippen molar-refractivity contribution in [3.05, 3.63) is 68.0 Å². The standard InChI is InChI=1S/C18H16N4O4S2/c1-12-3-2-4-13(11-12)26-10-9-16-20-21-18(28-16)19-15(23)7-5-14-6-8-17(27-14)22(24)25/h2-8,11H,9-10H2,1H3,(H,19,21,23)/b7-5+. The van der Waals surface area contributed by atoms with E-state index in [2.05, 4.69) is 15.5 Å². The maximum Gasteiger partial charge on any atom is 0.324 e. The molecule has 2 heterocycles. The highest BCUT2D eigenvalue weighted by Gasteiger charge is 2.09. The van der Waals surface area contributed by atoms with Crippen LogP contribution in [0.15, 0.2) is 42.5 Å². The van der Waals surface area contributed by atoms with Crippen LogP contribution in [0.1, 0.15) is 15.4 Å². The Balaban J connectivity index is 1.47. The van der Waals surface area contributed by atoms with Gasteiger partial charge in [0, 0.05) is 23.4 Å². The van der Waals surface area contributed by atoms with Gasteiger partial charge in [-0.1, -0.05) is 34.8 Å². The van der Waals surface area contributed by atoms with Crippen molar-refractivity contribution in [1.82, 2.24) is 10.2 Å². The lowest BCUT2D eigenvalue weighted by molar-refractivity contribution is -0.380. The molecule has 0 unspecified atom stereocenters. The van der Waals surface area contributed by atoms with Crippen LogP contribution in [-0.2, 0) is 11.2 Å². The van der Waals surface area contributed by atoms with Crippen LogP contribution in [0.25, 0.3) is 6.08 Å². The molecule has 3 aromatic rings. The number of thiophene rings is 1. The molecule has 28 heavy (non-hydrogen) atoms. The number of nitro groups is 1. The van der Waals surface area contributed by atoms with Crippen LogP contribution in [0.5, 0.6) is 5.75 Å². The molecule has 2 aromatic heterocycles. The van der Waals surface area contributed by atoms with Gasteiger partial charge in [-0.25, -0.2) is 0 Å². The lowest BCUT2D eigenvalue weighted by Crippen LogP contribution is -2.07. The van der Waals surface area contributed by atoms with Gasteiger partial charge >= 0.3 is 5.00 Å². The van der Waals surface area contributed by atoms with Gasteiger partial charge < -0.3 is 4.74 Å². The number of benzene rings is 1. The van der Waals surface area contributed by atoms with E-state index in [1.807, 2.05) is 31.2 Å². The van der Waals surface area contributed by atoms with Gasteiger partial charge in [-0.3, -0.25) is 20.2 Å². The third-order valence-corrected chi connectivity index (χ3v) is 5.36. The molecule has 3 rings (SSSR count). The first-order valence-corrected chi connectivity index (χ1v) is 9.88. The normalized spacial score (nSPS) is 10.9. The molecule has 0 spiro atoms. The Hall–Kier alpha value is -3.11. The van der Waals surface area contributed by atoms with Gasteiger partial charge in [-0.2, -0.15) is 0 Å². The average molecular weight is 416 g/mol. The van der Waals surface area contributed by atoms with Gasteiger partial charge in [-0.15, -0.1) is 10.2 Å². The fourth-order valence-electron chi connectivity index (χ4n) is 2.20. The first-order valence-electron chi connectivity index (χ1n) is 8.25. The van der Waals surface area contributed by atoms with Gasteiger partial charge in [0.2, 0.25) is 11.0 Å².